The molecule has 2 saturated heterocycles. The second kappa shape index (κ2) is 12.6. The Morgan fingerprint density at radius 1 is 0.641 bits per heavy atom. The number of piperazine rings is 2. The van der Waals surface area contributed by atoms with Crippen LogP contribution in [0.3, 0.4) is 0 Å². The Balaban J connectivity index is 0.000000158. The van der Waals surface area contributed by atoms with Gasteiger partial charge in [0.25, 0.3) is 0 Å². The minimum absolute atomic E-state index is 0.348. The van der Waals surface area contributed by atoms with Crippen LogP contribution in [0.25, 0.3) is 0 Å². The maximum atomic E-state index is 6.19. The molecule has 0 spiro atoms. The Bertz CT molecular complexity index is 1110. The molecule has 6 nitrogen and oxygen atoms in total. The summed E-state index contributed by atoms with van der Waals surface area (Å²) in [5.41, 5.74) is 18.4. The molecule has 0 bridgehead atoms. The summed E-state index contributed by atoms with van der Waals surface area (Å²) in [6.45, 7) is 13.8. The van der Waals surface area contributed by atoms with Gasteiger partial charge in [0.1, 0.15) is 0 Å². The van der Waals surface area contributed by atoms with Crippen molar-refractivity contribution in [2.45, 2.75) is 64.5 Å². The number of nitrogens with one attached hydrogen (secondary N) is 1. The van der Waals surface area contributed by atoms with E-state index in [-0.39, 0.29) is 0 Å². The molecule has 2 heterocycles. The lowest BCUT2D eigenvalue weighted by Gasteiger charge is -2.37. The van der Waals surface area contributed by atoms with Crippen molar-refractivity contribution in [3.05, 3.63) is 57.6 Å². The van der Waals surface area contributed by atoms with Gasteiger partial charge in [-0.05, 0) is 119 Å². The van der Waals surface area contributed by atoms with Gasteiger partial charge in [-0.3, -0.25) is 0 Å². The predicted molar refractivity (Wildman–Crippen MR) is 167 cm³/mol. The molecule has 3 N–H and O–H groups in total. The van der Waals surface area contributed by atoms with Gasteiger partial charge in [0.2, 0.25) is 0 Å². The van der Waals surface area contributed by atoms with Crippen molar-refractivity contribution < 1.29 is 0 Å². The first-order valence-electron chi connectivity index (χ1n) is 15.4. The molecule has 2 aliphatic carbocycles. The first kappa shape index (κ1) is 28.4. The van der Waals surface area contributed by atoms with Crippen LogP contribution in [0.1, 0.15) is 46.2 Å². The Kier molecular flexibility index (Phi) is 9.17. The fourth-order valence-corrected chi connectivity index (χ4v) is 7.04. The van der Waals surface area contributed by atoms with Crippen LogP contribution in [-0.2, 0) is 25.7 Å². The summed E-state index contributed by atoms with van der Waals surface area (Å²) in [7, 11) is 6.53. The third-order valence-corrected chi connectivity index (χ3v) is 9.80. The van der Waals surface area contributed by atoms with Crippen molar-refractivity contribution in [2.24, 2.45) is 5.73 Å². The molecule has 2 unspecified atom stereocenters. The number of nitrogens with zero attached hydrogens (tertiary/aromatic N) is 4. The largest absolute Gasteiger partial charge is 0.369 e. The molecule has 4 aliphatic rings. The molecule has 0 saturated carbocycles. The number of aryl methyl sites for hydroxylation is 2. The zero-order valence-corrected chi connectivity index (χ0v) is 25.2. The molecule has 2 atom stereocenters. The predicted octanol–water partition coefficient (Wildman–Crippen LogP) is 3.39. The van der Waals surface area contributed by atoms with Gasteiger partial charge in [-0.1, -0.05) is 12.1 Å². The van der Waals surface area contributed by atoms with Crippen molar-refractivity contribution in [1.29, 1.82) is 0 Å². The molecular weight excluding hydrogens is 480 g/mol. The summed E-state index contributed by atoms with van der Waals surface area (Å²) in [4.78, 5) is 9.98. The van der Waals surface area contributed by atoms with Crippen LogP contribution in [0.2, 0.25) is 0 Å². The van der Waals surface area contributed by atoms with Crippen LogP contribution in [0.4, 0.5) is 11.4 Å². The normalized spacial score (nSPS) is 24.1. The van der Waals surface area contributed by atoms with Crippen LogP contribution in [0.5, 0.6) is 0 Å². The summed E-state index contributed by atoms with van der Waals surface area (Å²) < 4.78 is 0. The van der Waals surface area contributed by atoms with Crippen LogP contribution in [0.15, 0.2) is 24.3 Å². The summed E-state index contributed by atoms with van der Waals surface area (Å²) in [5.74, 6) is 0. The van der Waals surface area contributed by atoms with E-state index in [1.54, 1.807) is 16.7 Å². The summed E-state index contributed by atoms with van der Waals surface area (Å²) in [5, 5.41) is 3.47. The van der Waals surface area contributed by atoms with Crippen molar-refractivity contribution in [1.82, 2.24) is 15.1 Å². The second-order valence-electron chi connectivity index (χ2n) is 12.5. The maximum absolute atomic E-state index is 6.19. The summed E-state index contributed by atoms with van der Waals surface area (Å²) >= 11 is 0. The first-order valence-corrected chi connectivity index (χ1v) is 15.4. The second-order valence-corrected chi connectivity index (χ2v) is 12.5. The van der Waals surface area contributed by atoms with Gasteiger partial charge in [0.15, 0.2) is 0 Å². The third kappa shape index (κ3) is 6.45. The van der Waals surface area contributed by atoms with Gasteiger partial charge < -0.3 is 30.7 Å². The lowest BCUT2D eigenvalue weighted by molar-refractivity contribution is 0.312. The Morgan fingerprint density at radius 3 is 1.59 bits per heavy atom. The van der Waals surface area contributed by atoms with Gasteiger partial charge in [0, 0.05) is 75.8 Å². The van der Waals surface area contributed by atoms with E-state index in [9.17, 15) is 0 Å². The molecule has 214 valence electrons. The number of benzene rings is 2. The van der Waals surface area contributed by atoms with Gasteiger partial charge in [0.05, 0.1) is 0 Å². The number of rotatable bonds is 3. The number of likely N-dealkylation sites (N-methyl/N-ethyl adjacent to an activating group) is 3. The van der Waals surface area contributed by atoms with Crippen LogP contribution < -0.4 is 20.9 Å². The highest BCUT2D eigenvalue weighted by Crippen LogP contribution is 2.34. The minimum Gasteiger partial charge on any atom is -0.369 e. The molecule has 0 amide bonds. The van der Waals surface area contributed by atoms with E-state index in [0.29, 0.717) is 12.1 Å². The van der Waals surface area contributed by atoms with E-state index in [2.05, 4.69) is 84.2 Å². The van der Waals surface area contributed by atoms with Gasteiger partial charge in [-0.25, -0.2) is 0 Å². The van der Waals surface area contributed by atoms with E-state index < -0.39 is 0 Å². The molecule has 2 aliphatic heterocycles. The summed E-state index contributed by atoms with van der Waals surface area (Å²) in [6, 6.07) is 10.3. The zero-order chi connectivity index (χ0) is 27.5. The SMILES string of the molecule is CNC1CCc2c(C)ccc(N3CCN(C)CC3)c2C1.Cc1ccc(N2CCN(C)CC2)c2c1CCC(N)C2. The standard InChI is InChI=1S/C17H27N3.C16H25N3/c1-13-4-7-17(20-10-8-19(3)9-11-20)16-12-14(18-2)5-6-15(13)16;1-12-3-6-16(19-9-7-18(2)8-10-19)15-11-13(17)4-5-14(12)15/h4,7,14,18H,5-6,8-12H2,1-3H3;3,6,13H,4-5,7-11,17H2,1-2H3. The van der Waals surface area contributed by atoms with Crippen molar-refractivity contribution in [3.63, 3.8) is 0 Å². The fourth-order valence-electron chi connectivity index (χ4n) is 7.04. The zero-order valence-electron chi connectivity index (χ0n) is 25.2. The quantitative estimate of drug-likeness (QED) is 0.632. The van der Waals surface area contributed by atoms with Gasteiger partial charge >= 0.3 is 0 Å². The highest BCUT2D eigenvalue weighted by atomic mass is 15.3. The molecule has 0 aromatic heterocycles. The summed E-state index contributed by atoms with van der Waals surface area (Å²) in [6.07, 6.45) is 7.04. The monoisotopic (exact) mass is 532 g/mol. The molecule has 2 aromatic carbocycles. The number of hydrogen-bond donors (Lipinski definition) is 2. The molecule has 39 heavy (non-hydrogen) atoms. The van der Waals surface area contributed by atoms with E-state index >= 15 is 0 Å². The highest BCUT2D eigenvalue weighted by molar-refractivity contribution is 5.61. The van der Waals surface area contributed by atoms with E-state index in [0.717, 1.165) is 58.5 Å². The third-order valence-electron chi connectivity index (χ3n) is 9.80. The highest BCUT2D eigenvalue weighted by Gasteiger charge is 2.26. The Hall–Kier alpha value is -2.12. The first-order chi connectivity index (χ1) is 18.8. The van der Waals surface area contributed by atoms with Crippen LogP contribution in [-0.4, -0.2) is 95.4 Å². The minimum atomic E-state index is 0.348. The molecule has 2 fully saturated rings. The number of anilines is 2. The Labute approximate surface area is 237 Å². The lowest BCUT2D eigenvalue weighted by Crippen LogP contribution is -2.45. The van der Waals surface area contributed by atoms with Crippen LogP contribution >= 0.6 is 0 Å². The van der Waals surface area contributed by atoms with Gasteiger partial charge in [-0.2, -0.15) is 0 Å². The molecule has 0 radical (unpaired) electrons. The fraction of sp³-hybridized carbons (Fsp3) is 0.636. The smallest absolute Gasteiger partial charge is 0.0403 e. The lowest BCUT2D eigenvalue weighted by atomic mass is 9.84. The van der Waals surface area contributed by atoms with Crippen molar-refractivity contribution in [3.8, 4) is 0 Å². The number of nitrogens with two attached hydrogens (primary N) is 1. The molecule has 6 heteroatoms. The van der Waals surface area contributed by atoms with E-state index in [4.69, 9.17) is 5.73 Å². The average molecular weight is 533 g/mol. The van der Waals surface area contributed by atoms with E-state index in [1.807, 2.05) is 0 Å². The number of fused-ring (bicyclic) bond motifs is 2. The molecule has 6 rings (SSSR count). The van der Waals surface area contributed by atoms with E-state index in [1.165, 1.54) is 60.4 Å². The Morgan fingerprint density at radius 2 is 1.10 bits per heavy atom. The molecular formula is C33H52N6. The number of hydrogen-bond acceptors (Lipinski definition) is 6. The van der Waals surface area contributed by atoms with Gasteiger partial charge in [-0.15, -0.1) is 0 Å². The van der Waals surface area contributed by atoms with Crippen molar-refractivity contribution >= 4 is 11.4 Å². The maximum Gasteiger partial charge on any atom is 0.0403 e. The average Bonchev–Trinajstić information content (AvgIpc) is 2.95. The topological polar surface area (TPSA) is 51.0 Å². The molecule has 2 aromatic rings. The van der Waals surface area contributed by atoms with Crippen LogP contribution in [0, 0.1) is 13.8 Å². The van der Waals surface area contributed by atoms with Crippen molar-refractivity contribution in [2.75, 3.05) is 83.3 Å².